The van der Waals surface area contributed by atoms with Crippen LogP contribution in [0.25, 0.3) is 0 Å². The van der Waals surface area contributed by atoms with Crippen molar-refractivity contribution in [2.45, 2.75) is 20.8 Å². The molecule has 1 aromatic carbocycles. The van der Waals surface area contributed by atoms with Crippen molar-refractivity contribution < 1.29 is 14.3 Å². The first-order chi connectivity index (χ1) is 12.0. The second-order valence-corrected chi connectivity index (χ2v) is 5.60. The summed E-state index contributed by atoms with van der Waals surface area (Å²) >= 11 is 0. The zero-order valence-corrected chi connectivity index (χ0v) is 15.0. The van der Waals surface area contributed by atoms with Crippen molar-refractivity contribution in [3.8, 4) is 5.75 Å². The van der Waals surface area contributed by atoms with Gasteiger partial charge in [0.15, 0.2) is 0 Å². The van der Waals surface area contributed by atoms with Crippen molar-refractivity contribution in [2.75, 3.05) is 25.5 Å². The Kier molecular flexibility index (Phi) is 6.11. The molecule has 2 rings (SSSR count). The van der Waals surface area contributed by atoms with Crippen molar-refractivity contribution in [1.29, 1.82) is 0 Å². The molecular weight excluding hydrogens is 318 g/mol. The molecule has 0 saturated heterocycles. The summed E-state index contributed by atoms with van der Waals surface area (Å²) in [7, 11) is 1.55. The Labute approximate surface area is 147 Å². The van der Waals surface area contributed by atoms with E-state index in [1.807, 2.05) is 32.9 Å². The highest BCUT2D eigenvalue weighted by Gasteiger charge is 2.16. The largest absolute Gasteiger partial charge is 0.495 e. The van der Waals surface area contributed by atoms with Gasteiger partial charge in [-0.2, -0.15) is 0 Å². The summed E-state index contributed by atoms with van der Waals surface area (Å²) < 4.78 is 5.27. The highest BCUT2D eigenvalue weighted by molar-refractivity contribution is 6.06. The molecule has 1 N–H and O–H groups in total. The lowest BCUT2D eigenvalue weighted by molar-refractivity contribution is 0.0772. The molecule has 1 aromatic heterocycles. The van der Waals surface area contributed by atoms with Gasteiger partial charge in [-0.25, -0.2) is 0 Å². The Hall–Kier alpha value is -2.89. The monoisotopic (exact) mass is 341 g/mol. The summed E-state index contributed by atoms with van der Waals surface area (Å²) in [6, 6.07) is 7.09. The molecule has 0 aliphatic heterocycles. The third kappa shape index (κ3) is 4.35. The van der Waals surface area contributed by atoms with Gasteiger partial charge in [0.05, 0.1) is 23.9 Å². The molecule has 0 aliphatic carbocycles. The average molecular weight is 341 g/mol. The van der Waals surface area contributed by atoms with Gasteiger partial charge in [0.2, 0.25) is 0 Å². The van der Waals surface area contributed by atoms with E-state index in [4.69, 9.17) is 4.74 Å². The van der Waals surface area contributed by atoms with Gasteiger partial charge < -0.3 is 15.0 Å². The first-order valence-corrected chi connectivity index (χ1v) is 8.20. The lowest BCUT2D eigenvalue weighted by Gasteiger charge is -2.18. The van der Waals surface area contributed by atoms with Crippen LogP contribution in [0.15, 0.2) is 36.7 Å². The summed E-state index contributed by atoms with van der Waals surface area (Å²) in [4.78, 5) is 30.7. The molecule has 1 heterocycles. The fourth-order valence-electron chi connectivity index (χ4n) is 2.49. The van der Waals surface area contributed by atoms with E-state index in [0.717, 1.165) is 5.56 Å². The van der Waals surface area contributed by atoms with Crippen LogP contribution in [-0.4, -0.2) is 41.9 Å². The number of hydrogen-bond donors (Lipinski definition) is 1. The summed E-state index contributed by atoms with van der Waals surface area (Å²) in [6.07, 6.45) is 2.92. The number of methoxy groups -OCH3 is 1. The highest BCUT2D eigenvalue weighted by atomic mass is 16.5. The molecule has 6 nitrogen and oxygen atoms in total. The van der Waals surface area contributed by atoms with Crippen LogP contribution in [0, 0.1) is 6.92 Å². The maximum absolute atomic E-state index is 12.5. The topological polar surface area (TPSA) is 71.5 Å². The molecular formula is C19H23N3O3. The standard InChI is InChI=1S/C19H23N3O3/c1-5-22(6-2)19(24)15-10-14(11-20-12-15)18(23)21-16-9-13(3)7-8-17(16)25-4/h7-12H,5-6H2,1-4H3,(H,21,23). The maximum atomic E-state index is 12.5. The molecule has 6 heteroatoms. The molecule has 2 aromatic rings. The first-order valence-electron chi connectivity index (χ1n) is 8.20. The van der Waals surface area contributed by atoms with Crippen LogP contribution in [-0.2, 0) is 0 Å². The maximum Gasteiger partial charge on any atom is 0.257 e. The Morgan fingerprint density at radius 1 is 1.12 bits per heavy atom. The smallest absolute Gasteiger partial charge is 0.257 e. The molecule has 0 radical (unpaired) electrons. The molecule has 0 fully saturated rings. The Morgan fingerprint density at radius 3 is 2.44 bits per heavy atom. The van der Waals surface area contributed by atoms with Gasteiger partial charge in [-0.05, 0) is 44.5 Å². The Morgan fingerprint density at radius 2 is 1.80 bits per heavy atom. The second kappa shape index (κ2) is 8.28. The predicted octanol–water partition coefficient (Wildman–Crippen LogP) is 3.13. The van der Waals surface area contributed by atoms with Crippen LogP contribution in [0.4, 0.5) is 5.69 Å². The van der Waals surface area contributed by atoms with Gasteiger partial charge in [0.25, 0.3) is 11.8 Å². The fraction of sp³-hybridized carbons (Fsp3) is 0.316. The number of pyridine rings is 1. The molecule has 0 bridgehead atoms. The SMILES string of the molecule is CCN(CC)C(=O)c1cncc(C(=O)Nc2cc(C)ccc2OC)c1. The number of hydrogen-bond acceptors (Lipinski definition) is 4. The third-order valence-electron chi connectivity index (χ3n) is 3.90. The van der Waals surface area contributed by atoms with Crippen LogP contribution in [0.5, 0.6) is 5.75 Å². The molecule has 0 saturated carbocycles. The first kappa shape index (κ1) is 18.4. The van der Waals surface area contributed by atoms with E-state index in [1.165, 1.54) is 12.4 Å². The Balaban J connectivity index is 2.25. The zero-order chi connectivity index (χ0) is 18.4. The van der Waals surface area contributed by atoms with E-state index in [-0.39, 0.29) is 11.8 Å². The minimum atomic E-state index is -0.342. The van der Waals surface area contributed by atoms with Crippen molar-refractivity contribution in [2.24, 2.45) is 0 Å². The normalized spacial score (nSPS) is 10.2. The van der Waals surface area contributed by atoms with Gasteiger partial charge in [0, 0.05) is 25.5 Å². The van der Waals surface area contributed by atoms with E-state index < -0.39 is 0 Å². The molecule has 0 unspecified atom stereocenters. The molecule has 0 atom stereocenters. The number of anilines is 1. The molecule has 0 spiro atoms. The molecule has 2 amide bonds. The van der Waals surface area contributed by atoms with Crippen molar-refractivity contribution >= 4 is 17.5 Å². The van der Waals surface area contributed by atoms with Crippen LogP contribution < -0.4 is 10.1 Å². The van der Waals surface area contributed by atoms with Crippen LogP contribution in [0.3, 0.4) is 0 Å². The number of nitrogens with one attached hydrogen (secondary N) is 1. The van der Waals surface area contributed by atoms with E-state index in [9.17, 15) is 9.59 Å². The molecule has 132 valence electrons. The lowest BCUT2D eigenvalue weighted by atomic mass is 10.1. The van der Waals surface area contributed by atoms with Crippen LogP contribution in [0.2, 0.25) is 0 Å². The number of ether oxygens (including phenoxy) is 1. The lowest BCUT2D eigenvalue weighted by Crippen LogP contribution is -2.30. The van der Waals surface area contributed by atoms with Crippen molar-refractivity contribution in [1.82, 2.24) is 9.88 Å². The summed E-state index contributed by atoms with van der Waals surface area (Å²) in [5, 5.41) is 2.81. The number of rotatable bonds is 6. The van der Waals surface area contributed by atoms with E-state index in [1.54, 1.807) is 24.1 Å². The number of amides is 2. The van der Waals surface area contributed by atoms with Crippen LogP contribution >= 0.6 is 0 Å². The van der Waals surface area contributed by atoms with Crippen molar-refractivity contribution in [3.63, 3.8) is 0 Å². The van der Waals surface area contributed by atoms with E-state index >= 15 is 0 Å². The van der Waals surface area contributed by atoms with Gasteiger partial charge in [-0.3, -0.25) is 14.6 Å². The third-order valence-corrected chi connectivity index (χ3v) is 3.90. The van der Waals surface area contributed by atoms with Crippen LogP contribution in [0.1, 0.15) is 40.1 Å². The predicted molar refractivity (Wildman–Crippen MR) is 97.2 cm³/mol. The van der Waals surface area contributed by atoms with Gasteiger partial charge in [-0.15, -0.1) is 0 Å². The number of aromatic nitrogens is 1. The van der Waals surface area contributed by atoms with E-state index in [0.29, 0.717) is 35.7 Å². The summed E-state index contributed by atoms with van der Waals surface area (Å²) in [5.41, 5.74) is 2.29. The highest BCUT2D eigenvalue weighted by Crippen LogP contribution is 2.25. The number of carbonyl (C=O) groups is 2. The zero-order valence-electron chi connectivity index (χ0n) is 15.0. The number of nitrogens with zero attached hydrogens (tertiary/aromatic N) is 2. The Bertz CT molecular complexity index is 770. The minimum absolute atomic E-state index is 0.139. The molecule has 0 aliphatic rings. The minimum Gasteiger partial charge on any atom is -0.495 e. The van der Waals surface area contributed by atoms with Gasteiger partial charge >= 0.3 is 0 Å². The van der Waals surface area contributed by atoms with E-state index in [2.05, 4.69) is 10.3 Å². The van der Waals surface area contributed by atoms with Crippen molar-refractivity contribution in [3.05, 3.63) is 53.3 Å². The summed E-state index contributed by atoms with van der Waals surface area (Å²) in [5.74, 6) is 0.0909. The quantitative estimate of drug-likeness (QED) is 0.876. The second-order valence-electron chi connectivity index (χ2n) is 5.60. The number of carbonyl (C=O) groups excluding carboxylic acids is 2. The van der Waals surface area contributed by atoms with Gasteiger partial charge in [0.1, 0.15) is 5.75 Å². The number of benzene rings is 1. The number of aryl methyl sites for hydroxylation is 1. The summed E-state index contributed by atoms with van der Waals surface area (Å²) in [6.45, 7) is 6.96. The average Bonchev–Trinajstić information content (AvgIpc) is 2.63. The fourth-order valence-corrected chi connectivity index (χ4v) is 2.49. The molecule has 25 heavy (non-hydrogen) atoms. The van der Waals surface area contributed by atoms with Gasteiger partial charge in [-0.1, -0.05) is 6.07 Å².